The Labute approximate surface area is 199 Å². The summed E-state index contributed by atoms with van der Waals surface area (Å²) in [6.07, 6.45) is 8.97. The van der Waals surface area contributed by atoms with Gasteiger partial charge in [0.15, 0.2) is 0 Å². The molecular weight excluding hydrogens is 424 g/mol. The molecule has 4 aromatic rings. The lowest BCUT2D eigenvalue weighted by Gasteiger charge is -2.34. The van der Waals surface area contributed by atoms with Crippen LogP contribution in [0.5, 0.6) is 0 Å². The van der Waals surface area contributed by atoms with Crippen LogP contribution < -0.4 is 4.90 Å². The fourth-order valence-corrected chi connectivity index (χ4v) is 4.01. The molecule has 1 aliphatic heterocycles. The van der Waals surface area contributed by atoms with E-state index in [9.17, 15) is 4.79 Å². The lowest BCUT2D eigenvalue weighted by molar-refractivity contribution is -0.126. The second-order valence-electron chi connectivity index (χ2n) is 8.27. The van der Waals surface area contributed by atoms with Gasteiger partial charge >= 0.3 is 0 Å². The first kappa shape index (κ1) is 21.6. The largest absolute Gasteiger partial charge is 0.337 e. The lowest BCUT2D eigenvalue weighted by Crippen LogP contribution is -2.48. The quantitative estimate of drug-likeness (QED) is 0.430. The molecule has 1 saturated heterocycles. The number of hydrogen-bond acceptors (Lipinski definition) is 5. The Balaban J connectivity index is 1.34. The smallest absolute Gasteiger partial charge is 0.246 e. The van der Waals surface area contributed by atoms with Crippen molar-refractivity contribution in [3.05, 3.63) is 96.5 Å². The Morgan fingerprint density at radius 1 is 0.882 bits per heavy atom. The van der Waals surface area contributed by atoms with E-state index in [2.05, 4.69) is 46.1 Å². The predicted molar refractivity (Wildman–Crippen MR) is 134 cm³/mol. The average molecular weight is 451 g/mol. The molecule has 1 fully saturated rings. The van der Waals surface area contributed by atoms with Crippen molar-refractivity contribution in [3.8, 4) is 16.9 Å². The van der Waals surface area contributed by atoms with Crippen molar-refractivity contribution in [2.45, 2.75) is 6.92 Å². The molecular formula is C27H26N6O. The van der Waals surface area contributed by atoms with Gasteiger partial charge in [0, 0.05) is 62.0 Å². The summed E-state index contributed by atoms with van der Waals surface area (Å²) in [7, 11) is 0. The Bertz CT molecular complexity index is 1270. The third-order valence-corrected chi connectivity index (χ3v) is 5.92. The summed E-state index contributed by atoms with van der Waals surface area (Å²) in [5.74, 6) is 0.706. The SMILES string of the molecule is Cc1ccc(-c2nn(-c3ccccc3)cc2C=CC(=O)N2CCN(c3ncccn3)CC2)cc1. The molecule has 0 unspecified atom stereocenters. The van der Waals surface area contributed by atoms with Crippen LogP contribution in [-0.2, 0) is 4.79 Å². The molecule has 0 saturated carbocycles. The van der Waals surface area contributed by atoms with Gasteiger partial charge in [0.05, 0.1) is 11.4 Å². The van der Waals surface area contributed by atoms with Crippen LogP contribution in [-0.4, -0.2) is 56.7 Å². The predicted octanol–water partition coefficient (Wildman–Crippen LogP) is 4.00. The fourth-order valence-electron chi connectivity index (χ4n) is 4.01. The number of carbonyl (C=O) groups excluding carboxylic acids is 1. The van der Waals surface area contributed by atoms with Gasteiger partial charge in [0.1, 0.15) is 0 Å². The van der Waals surface area contributed by atoms with Crippen LogP contribution in [0.25, 0.3) is 23.0 Å². The molecule has 0 atom stereocenters. The Kier molecular flexibility index (Phi) is 6.16. The summed E-state index contributed by atoms with van der Waals surface area (Å²) in [5, 5.41) is 4.83. The highest BCUT2D eigenvalue weighted by Gasteiger charge is 2.21. The zero-order valence-electron chi connectivity index (χ0n) is 19.1. The van der Waals surface area contributed by atoms with Crippen LogP contribution in [0.4, 0.5) is 5.95 Å². The Morgan fingerprint density at radius 2 is 1.59 bits per heavy atom. The van der Waals surface area contributed by atoms with Crippen LogP contribution >= 0.6 is 0 Å². The normalized spacial score (nSPS) is 14.0. The number of nitrogens with zero attached hydrogens (tertiary/aromatic N) is 6. The van der Waals surface area contributed by atoms with E-state index >= 15 is 0 Å². The molecule has 7 heteroatoms. The molecule has 5 rings (SSSR count). The fraction of sp³-hybridized carbons (Fsp3) is 0.185. The minimum absolute atomic E-state index is 0.00375. The summed E-state index contributed by atoms with van der Waals surface area (Å²) >= 11 is 0. The monoisotopic (exact) mass is 450 g/mol. The van der Waals surface area contributed by atoms with E-state index in [-0.39, 0.29) is 5.91 Å². The summed E-state index contributed by atoms with van der Waals surface area (Å²) in [6, 6.07) is 20.1. The summed E-state index contributed by atoms with van der Waals surface area (Å²) in [6.45, 7) is 4.76. The van der Waals surface area contributed by atoms with Gasteiger partial charge in [-0.2, -0.15) is 5.10 Å². The van der Waals surface area contributed by atoms with E-state index in [1.165, 1.54) is 5.56 Å². The molecule has 170 valence electrons. The van der Waals surface area contributed by atoms with Gasteiger partial charge in [0.25, 0.3) is 0 Å². The molecule has 34 heavy (non-hydrogen) atoms. The van der Waals surface area contributed by atoms with Crippen LogP contribution in [0.3, 0.4) is 0 Å². The molecule has 0 spiro atoms. The highest BCUT2D eigenvalue weighted by atomic mass is 16.2. The summed E-state index contributed by atoms with van der Waals surface area (Å²) in [4.78, 5) is 25.5. The van der Waals surface area contributed by atoms with Crippen molar-refractivity contribution >= 4 is 17.9 Å². The molecule has 2 aromatic heterocycles. The lowest BCUT2D eigenvalue weighted by atomic mass is 10.1. The van der Waals surface area contributed by atoms with Crippen LogP contribution in [0.2, 0.25) is 0 Å². The third-order valence-electron chi connectivity index (χ3n) is 5.92. The number of benzene rings is 2. The van der Waals surface area contributed by atoms with Crippen molar-refractivity contribution < 1.29 is 4.79 Å². The van der Waals surface area contributed by atoms with Crippen molar-refractivity contribution in [2.75, 3.05) is 31.1 Å². The average Bonchev–Trinajstić information content (AvgIpc) is 3.33. The zero-order valence-corrected chi connectivity index (χ0v) is 19.1. The maximum absolute atomic E-state index is 12.9. The first-order valence-corrected chi connectivity index (χ1v) is 11.4. The van der Waals surface area contributed by atoms with Crippen LogP contribution in [0.1, 0.15) is 11.1 Å². The van der Waals surface area contributed by atoms with Gasteiger partial charge in [-0.1, -0.05) is 48.0 Å². The van der Waals surface area contributed by atoms with Gasteiger partial charge < -0.3 is 9.80 Å². The molecule has 2 aromatic carbocycles. The number of carbonyl (C=O) groups is 1. The highest BCUT2D eigenvalue weighted by molar-refractivity contribution is 5.93. The molecule has 0 N–H and O–H groups in total. The standard InChI is InChI=1S/C27H26N6O/c1-21-8-10-22(11-9-21)26-23(20-33(30-26)24-6-3-2-4-7-24)12-13-25(34)31-16-18-32(19-17-31)27-28-14-5-15-29-27/h2-15,20H,16-19H2,1H3. The van der Waals surface area contributed by atoms with E-state index in [1.54, 1.807) is 24.5 Å². The van der Waals surface area contributed by atoms with Gasteiger partial charge in [-0.15, -0.1) is 0 Å². The number of rotatable bonds is 5. The van der Waals surface area contributed by atoms with E-state index in [0.29, 0.717) is 32.1 Å². The first-order valence-electron chi connectivity index (χ1n) is 11.4. The van der Waals surface area contributed by atoms with Gasteiger partial charge in [0.2, 0.25) is 11.9 Å². The molecule has 7 nitrogen and oxygen atoms in total. The first-order chi connectivity index (χ1) is 16.7. The van der Waals surface area contributed by atoms with E-state index in [4.69, 9.17) is 5.10 Å². The van der Waals surface area contributed by atoms with Gasteiger partial charge in [-0.25, -0.2) is 14.6 Å². The second kappa shape index (κ2) is 9.70. The Hall–Kier alpha value is -4.26. The molecule has 1 aliphatic rings. The minimum Gasteiger partial charge on any atom is -0.337 e. The number of piperazine rings is 1. The van der Waals surface area contributed by atoms with E-state index in [1.807, 2.05) is 52.2 Å². The van der Waals surface area contributed by atoms with Crippen molar-refractivity contribution in [1.29, 1.82) is 0 Å². The highest BCUT2D eigenvalue weighted by Crippen LogP contribution is 2.25. The van der Waals surface area contributed by atoms with Crippen molar-refractivity contribution in [3.63, 3.8) is 0 Å². The maximum Gasteiger partial charge on any atom is 0.246 e. The molecule has 0 radical (unpaired) electrons. The number of aromatic nitrogens is 4. The van der Waals surface area contributed by atoms with Gasteiger partial charge in [-0.05, 0) is 31.2 Å². The van der Waals surface area contributed by atoms with Crippen molar-refractivity contribution in [1.82, 2.24) is 24.6 Å². The number of para-hydroxylation sites is 1. The third kappa shape index (κ3) is 4.73. The van der Waals surface area contributed by atoms with Crippen LogP contribution in [0.15, 0.2) is 85.3 Å². The minimum atomic E-state index is -0.00375. The van der Waals surface area contributed by atoms with Crippen molar-refractivity contribution in [2.24, 2.45) is 0 Å². The second-order valence-corrected chi connectivity index (χ2v) is 8.27. The molecule has 1 amide bonds. The molecule has 0 aliphatic carbocycles. The number of aryl methyl sites for hydroxylation is 1. The van der Waals surface area contributed by atoms with Gasteiger partial charge in [-0.3, -0.25) is 4.79 Å². The summed E-state index contributed by atoms with van der Waals surface area (Å²) < 4.78 is 1.86. The Morgan fingerprint density at radius 3 is 2.29 bits per heavy atom. The number of anilines is 1. The zero-order chi connectivity index (χ0) is 23.3. The van der Waals surface area contributed by atoms with E-state index in [0.717, 1.165) is 22.5 Å². The van der Waals surface area contributed by atoms with Crippen LogP contribution in [0, 0.1) is 6.92 Å². The molecule has 0 bridgehead atoms. The molecule has 3 heterocycles. The summed E-state index contributed by atoms with van der Waals surface area (Å²) in [5.41, 5.74) is 4.93. The number of hydrogen-bond donors (Lipinski definition) is 0. The topological polar surface area (TPSA) is 67.2 Å². The maximum atomic E-state index is 12.9. The van der Waals surface area contributed by atoms with E-state index < -0.39 is 0 Å². The number of amides is 1.